The molecule has 1 heterocycles. The van der Waals surface area contributed by atoms with Crippen LogP contribution in [0.2, 0.25) is 0 Å². The van der Waals surface area contributed by atoms with Crippen LogP contribution in [0.25, 0.3) is 21.9 Å². The van der Waals surface area contributed by atoms with Gasteiger partial charge in [-0.15, -0.1) is 0 Å². The van der Waals surface area contributed by atoms with Crippen molar-refractivity contribution in [1.82, 2.24) is 0 Å². The molecule has 0 atom stereocenters. The van der Waals surface area contributed by atoms with Crippen molar-refractivity contribution in [1.29, 1.82) is 0 Å². The van der Waals surface area contributed by atoms with Crippen molar-refractivity contribution in [2.75, 3.05) is 7.11 Å². The molecule has 0 saturated heterocycles. The van der Waals surface area contributed by atoms with Crippen molar-refractivity contribution in [3.63, 3.8) is 0 Å². The van der Waals surface area contributed by atoms with Crippen LogP contribution in [0.15, 0.2) is 69.9 Å². The lowest BCUT2D eigenvalue weighted by Crippen LogP contribution is -2.10. The molecule has 4 rings (SSSR count). The monoisotopic (exact) mass is 414 g/mol. The number of esters is 1. The first-order chi connectivity index (χ1) is 14.9. The van der Waals surface area contributed by atoms with E-state index in [0.29, 0.717) is 39.2 Å². The van der Waals surface area contributed by atoms with Crippen LogP contribution in [0.3, 0.4) is 0 Å². The number of ether oxygens (including phenoxy) is 2. The number of fused-ring (bicyclic) bond motifs is 1. The first-order valence-corrected chi connectivity index (χ1v) is 9.89. The first kappa shape index (κ1) is 20.4. The molecule has 0 bridgehead atoms. The summed E-state index contributed by atoms with van der Waals surface area (Å²) in [5.41, 5.74) is 2.51. The Labute approximate surface area is 179 Å². The minimum Gasteiger partial charge on any atom is -0.497 e. The summed E-state index contributed by atoms with van der Waals surface area (Å²) in [5, 5.41) is 0.911. The molecule has 3 aromatic carbocycles. The molecule has 0 spiro atoms. The fourth-order valence-electron chi connectivity index (χ4n) is 3.73. The van der Waals surface area contributed by atoms with Crippen LogP contribution in [0, 0.1) is 20.8 Å². The maximum absolute atomic E-state index is 13.1. The maximum Gasteiger partial charge on any atom is 0.343 e. The third-order valence-electron chi connectivity index (χ3n) is 5.32. The van der Waals surface area contributed by atoms with Gasteiger partial charge in [0.25, 0.3) is 0 Å². The van der Waals surface area contributed by atoms with Crippen molar-refractivity contribution in [3.05, 3.63) is 93.5 Å². The molecular weight excluding hydrogens is 392 g/mol. The summed E-state index contributed by atoms with van der Waals surface area (Å²) in [7, 11) is 1.60. The number of carbonyl (C=O) groups excluding carboxylic acids is 1. The SMILES string of the molecule is COc1ccc(-c2cc(OC(=O)c3ccccc3C)c3c(C)oc(C)c3c(=O)c2)cc1. The fraction of sp³-hybridized carbons (Fsp3) is 0.154. The van der Waals surface area contributed by atoms with E-state index in [1.54, 1.807) is 39.2 Å². The zero-order chi connectivity index (χ0) is 22.1. The van der Waals surface area contributed by atoms with Gasteiger partial charge >= 0.3 is 5.97 Å². The average Bonchev–Trinajstić information content (AvgIpc) is 2.97. The lowest BCUT2D eigenvalue weighted by Gasteiger charge is -2.08. The number of furan rings is 1. The van der Waals surface area contributed by atoms with E-state index in [1.165, 1.54) is 6.07 Å². The Hall–Kier alpha value is -3.86. The van der Waals surface area contributed by atoms with Crippen LogP contribution >= 0.6 is 0 Å². The summed E-state index contributed by atoms with van der Waals surface area (Å²) in [6.45, 7) is 5.34. The van der Waals surface area contributed by atoms with E-state index in [0.717, 1.165) is 11.1 Å². The molecule has 0 aliphatic carbocycles. The number of methoxy groups -OCH3 is 1. The third-order valence-corrected chi connectivity index (χ3v) is 5.32. The lowest BCUT2D eigenvalue weighted by atomic mass is 10.1. The second-order valence-electron chi connectivity index (χ2n) is 7.37. The second kappa shape index (κ2) is 8.11. The van der Waals surface area contributed by atoms with E-state index in [-0.39, 0.29) is 11.2 Å². The topological polar surface area (TPSA) is 65.7 Å². The molecule has 0 fully saturated rings. The molecule has 156 valence electrons. The zero-order valence-electron chi connectivity index (χ0n) is 17.8. The number of aryl methyl sites for hydroxylation is 3. The quantitative estimate of drug-likeness (QED) is 0.406. The van der Waals surface area contributed by atoms with Gasteiger partial charge in [-0.3, -0.25) is 4.79 Å². The Kier molecular flexibility index (Phi) is 5.34. The largest absolute Gasteiger partial charge is 0.497 e. The molecule has 31 heavy (non-hydrogen) atoms. The Bertz CT molecular complexity index is 1350. The number of benzene rings is 2. The summed E-state index contributed by atoms with van der Waals surface area (Å²) in [5.74, 6) is 1.51. The minimum absolute atomic E-state index is 0.201. The molecule has 0 radical (unpaired) electrons. The number of carbonyl (C=O) groups is 1. The summed E-state index contributed by atoms with van der Waals surface area (Å²) in [4.78, 5) is 26.0. The van der Waals surface area contributed by atoms with E-state index < -0.39 is 5.97 Å². The molecule has 0 unspecified atom stereocenters. The molecule has 0 saturated carbocycles. The van der Waals surface area contributed by atoms with Gasteiger partial charge in [-0.2, -0.15) is 0 Å². The maximum atomic E-state index is 13.1. The van der Waals surface area contributed by atoms with Crippen LogP contribution in [-0.4, -0.2) is 13.1 Å². The highest BCUT2D eigenvalue weighted by molar-refractivity contribution is 5.98. The predicted molar refractivity (Wildman–Crippen MR) is 120 cm³/mol. The number of hydrogen-bond donors (Lipinski definition) is 0. The normalized spacial score (nSPS) is 10.8. The number of hydrogen-bond acceptors (Lipinski definition) is 5. The van der Waals surface area contributed by atoms with Crippen LogP contribution < -0.4 is 14.9 Å². The van der Waals surface area contributed by atoms with Gasteiger partial charge in [0.15, 0.2) is 5.43 Å². The van der Waals surface area contributed by atoms with Gasteiger partial charge in [-0.25, -0.2) is 4.79 Å². The van der Waals surface area contributed by atoms with Gasteiger partial charge in [-0.05, 0) is 67.8 Å². The van der Waals surface area contributed by atoms with E-state index in [2.05, 4.69) is 0 Å². The summed E-state index contributed by atoms with van der Waals surface area (Å²) in [6.07, 6.45) is 0. The van der Waals surface area contributed by atoms with Crippen molar-refractivity contribution >= 4 is 16.7 Å². The van der Waals surface area contributed by atoms with E-state index in [4.69, 9.17) is 13.9 Å². The van der Waals surface area contributed by atoms with E-state index in [9.17, 15) is 9.59 Å². The molecule has 0 amide bonds. The predicted octanol–water partition coefficient (Wildman–Crippen LogP) is 5.61. The zero-order valence-corrected chi connectivity index (χ0v) is 17.8. The molecule has 4 aromatic rings. The van der Waals surface area contributed by atoms with E-state index in [1.807, 2.05) is 43.3 Å². The van der Waals surface area contributed by atoms with Crippen molar-refractivity contribution in [2.45, 2.75) is 20.8 Å². The molecule has 0 N–H and O–H groups in total. The van der Waals surface area contributed by atoms with Gasteiger partial charge in [-0.1, -0.05) is 30.3 Å². The highest BCUT2D eigenvalue weighted by Crippen LogP contribution is 2.34. The van der Waals surface area contributed by atoms with Crippen molar-refractivity contribution in [2.24, 2.45) is 0 Å². The average molecular weight is 414 g/mol. The van der Waals surface area contributed by atoms with E-state index >= 15 is 0 Å². The molecule has 0 aliphatic rings. The molecule has 0 aliphatic heterocycles. The van der Waals surface area contributed by atoms with Gasteiger partial charge in [0, 0.05) is 0 Å². The molecule has 5 nitrogen and oxygen atoms in total. The summed E-state index contributed by atoms with van der Waals surface area (Å²) >= 11 is 0. The van der Waals surface area contributed by atoms with Crippen molar-refractivity contribution in [3.8, 4) is 22.6 Å². The fourth-order valence-corrected chi connectivity index (χ4v) is 3.73. The Morgan fingerprint density at radius 1 is 0.839 bits per heavy atom. The molecule has 1 aromatic heterocycles. The second-order valence-corrected chi connectivity index (χ2v) is 7.37. The Morgan fingerprint density at radius 3 is 2.19 bits per heavy atom. The van der Waals surface area contributed by atoms with Gasteiger partial charge in [0.05, 0.1) is 23.4 Å². The molecular formula is C26H22O5. The third kappa shape index (κ3) is 3.82. The van der Waals surface area contributed by atoms with Gasteiger partial charge in [0.2, 0.25) is 0 Å². The van der Waals surface area contributed by atoms with Gasteiger partial charge in [0.1, 0.15) is 23.0 Å². The first-order valence-electron chi connectivity index (χ1n) is 9.89. The standard InChI is InChI=1S/C26H22O5/c1-15-7-5-6-8-21(15)26(28)31-23-14-19(18-9-11-20(29-4)12-10-18)13-22(27)24-16(2)30-17(3)25(23)24/h5-14H,1-4H3. The minimum atomic E-state index is -0.489. The lowest BCUT2D eigenvalue weighted by molar-refractivity contribution is 0.0736. The molecule has 5 heteroatoms. The summed E-state index contributed by atoms with van der Waals surface area (Å²) < 4.78 is 16.8. The Morgan fingerprint density at radius 2 is 1.52 bits per heavy atom. The van der Waals surface area contributed by atoms with Gasteiger partial charge < -0.3 is 13.9 Å². The van der Waals surface area contributed by atoms with Crippen LogP contribution in [-0.2, 0) is 0 Å². The van der Waals surface area contributed by atoms with Crippen LogP contribution in [0.5, 0.6) is 11.5 Å². The van der Waals surface area contributed by atoms with Crippen molar-refractivity contribution < 1.29 is 18.7 Å². The highest BCUT2D eigenvalue weighted by Gasteiger charge is 2.19. The summed E-state index contributed by atoms with van der Waals surface area (Å²) in [6, 6.07) is 17.8. The highest BCUT2D eigenvalue weighted by atomic mass is 16.5. The number of rotatable bonds is 4. The Balaban J connectivity index is 1.93. The van der Waals surface area contributed by atoms with Crippen LogP contribution in [0.1, 0.15) is 27.4 Å². The van der Waals surface area contributed by atoms with Crippen LogP contribution in [0.4, 0.5) is 0 Å². The smallest absolute Gasteiger partial charge is 0.343 e.